The number of rotatable bonds is 6. The zero-order chi connectivity index (χ0) is 19.1. The fourth-order valence-electron chi connectivity index (χ4n) is 2.43. The molecular weight excluding hydrogens is 498 g/mol. The normalized spacial score (nSPS) is 12.1. The van der Waals surface area contributed by atoms with Crippen molar-refractivity contribution < 1.29 is 4.79 Å². The van der Waals surface area contributed by atoms with Crippen LogP contribution < -0.4 is 16.4 Å². The van der Waals surface area contributed by atoms with Crippen LogP contribution in [0.1, 0.15) is 34.5 Å². The van der Waals surface area contributed by atoms with Gasteiger partial charge in [0, 0.05) is 22.2 Å². The molecule has 0 fully saturated rings. The van der Waals surface area contributed by atoms with E-state index < -0.39 is 0 Å². The van der Waals surface area contributed by atoms with Crippen molar-refractivity contribution in [3.05, 3.63) is 69.2 Å². The van der Waals surface area contributed by atoms with Crippen molar-refractivity contribution in [1.29, 1.82) is 0 Å². The summed E-state index contributed by atoms with van der Waals surface area (Å²) in [6.07, 6.45) is 0. The number of nitrogens with zero attached hydrogens (tertiary/aromatic N) is 1. The van der Waals surface area contributed by atoms with Crippen LogP contribution in [0.25, 0.3) is 0 Å². The van der Waals surface area contributed by atoms with Crippen LogP contribution in [0.15, 0.2) is 47.5 Å². The Balaban J connectivity index is 0.00000364. The standard InChI is InChI=1S/C19H22Cl2N4O.HI/c1-12-4-3-5-14(10-12)18(26)23-8-9-24-19(22)25-13(2)16-7-6-15(20)11-17(16)21;/h3-7,10-11,13H,8-9H2,1-2H3,(H,23,26)(H3,22,24,25);1H. The van der Waals surface area contributed by atoms with Gasteiger partial charge in [0.25, 0.3) is 5.91 Å². The fraction of sp³-hybridized carbons (Fsp3) is 0.263. The predicted octanol–water partition coefficient (Wildman–Crippen LogP) is 4.32. The molecule has 8 heteroatoms. The molecule has 146 valence electrons. The Bertz CT molecular complexity index is 814. The van der Waals surface area contributed by atoms with Gasteiger partial charge in [0.05, 0.1) is 12.6 Å². The maximum atomic E-state index is 12.0. The van der Waals surface area contributed by atoms with Gasteiger partial charge in [-0.25, -0.2) is 0 Å². The van der Waals surface area contributed by atoms with E-state index in [9.17, 15) is 4.79 Å². The summed E-state index contributed by atoms with van der Waals surface area (Å²) in [6, 6.07) is 12.6. The van der Waals surface area contributed by atoms with Gasteiger partial charge in [0.15, 0.2) is 5.96 Å². The summed E-state index contributed by atoms with van der Waals surface area (Å²) in [4.78, 5) is 16.3. The van der Waals surface area contributed by atoms with E-state index in [2.05, 4.69) is 15.6 Å². The Labute approximate surface area is 186 Å². The van der Waals surface area contributed by atoms with Crippen LogP contribution in [-0.2, 0) is 0 Å². The quantitative estimate of drug-likeness (QED) is 0.230. The first-order chi connectivity index (χ1) is 12.4. The number of carbonyl (C=O) groups excluding carboxylic acids is 1. The summed E-state index contributed by atoms with van der Waals surface area (Å²) in [7, 11) is 0. The van der Waals surface area contributed by atoms with E-state index in [0.29, 0.717) is 28.7 Å². The number of carbonyl (C=O) groups is 1. The summed E-state index contributed by atoms with van der Waals surface area (Å²) in [6.45, 7) is 4.64. The molecule has 0 spiro atoms. The van der Waals surface area contributed by atoms with Crippen LogP contribution in [0.3, 0.4) is 0 Å². The predicted molar refractivity (Wildman–Crippen MR) is 123 cm³/mol. The molecule has 0 aliphatic heterocycles. The summed E-state index contributed by atoms with van der Waals surface area (Å²) < 4.78 is 0. The molecule has 0 bridgehead atoms. The van der Waals surface area contributed by atoms with Gasteiger partial charge in [-0.05, 0) is 43.7 Å². The van der Waals surface area contributed by atoms with Crippen molar-refractivity contribution >= 4 is 59.0 Å². The van der Waals surface area contributed by atoms with Crippen LogP contribution in [0.4, 0.5) is 0 Å². The maximum absolute atomic E-state index is 12.0. The fourth-order valence-corrected chi connectivity index (χ4v) is 3.00. The lowest BCUT2D eigenvalue weighted by molar-refractivity contribution is 0.0954. The summed E-state index contributed by atoms with van der Waals surface area (Å²) in [5, 5.41) is 7.03. The maximum Gasteiger partial charge on any atom is 0.251 e. The van der Waals surface area contributed by atoms with Gasteiger partial charge in [-0.1, -0.05) is 47.0 Å². The highest BCUT2D eigenvalue weighted by Gasteiger charge is 2.10. The van der Waals surface area contributed by atoms with Gasteiger partial charge in [-0.15, -0.1) is 24.0 Å². The number of nitrogens with two attached hydrogens (primary N) is 1. The summed E-state index contributed by atoms with van der Waals surface area (Å²) in [5.74, 6) is 0.157. The average Bonchev–Trinajstić information content (AvgIpc) is 2.58. The Hall–Kier alpha value is -1.51. The van der Waals surface area contributed by atoms with Crippen LogP contribution in [0.2, 0.25) is 10.0 Å². The van der Waals surface area contributed by atoms with Gasteiger partial charge >= 0.3 is 0 Å². The molecule has 2 aromatic carbocycles. The van der Waals surface area contributed by atoms with Crippen molar-refractivity contribution in [1.82, 2.24) is 10.6 Å². The highest BCUT2D eigenvalue weighted by atomic mass is 127. The van der Waals surface area contributed by atoms with E-state index in [-0.39, 0.29) is 41.9 Å². The van der Waals surface area contributed by atoms with Crippen LogP contribution in [-0.4, -0.2) is 25.0 Å². The number of benzene rings is 2. The molecule has 0 saturated heterocycles. The summed E-state index contributed by atoms with van der Waals surface area (Å²) >= 11 is 12.1. The topological polar surface area (TPSA) is 79.5 Å². The lowest BCUT2D eigenvalue weighted by Crippen LogP contribution is -2.35. The molecule has 0 aliphatic carbocycles. The van der Waals surface area contributed by atoms with E-state index in [1.807, 2.05) is 38.1 Å². The molecule has 1 amide bonds. The lowest BCUT2D eigenvalue weighted by atomic mass is 10.1. The van der Waals surface area contributed by atoms with E-state index >= 15 is 0 Å². The van der Waals surface area contributed by atoms with Crippen molar-refractivity contribution in [3.63, 3.8) is 0 Å². The lowest BCUT2D eigenvalue weighted by Gasteiger charge is -2.16. The van der Waals surface area contributed by atoms with Gasteiger partial charge in [-0.2, -0.15) is 0 Å². The molecule has 0 saturated carbocycles. The van der Waals surface area contributed by atoms with E-state index in [4.69, 9.17) is 28.9 Å². The number of hydrogen-bond donors (Lipinski definition) is 3. The molecule has 1 atom stereocenters. The van der Waals surface area contributed by atoms with Crippen molar-refractivity contribution in [2.75, 3.05) is 13.1 Å². The van der Waals surface area contributed by atoms with Gasteiger partial charge < -0.3 is 16.4 Å². The molecule has 27 heavy (non-hydrogen) atoms. The smallest absolute Gasteiger partial charge is 0.251 e. The zero-order valence-corrected chi connectivity index (χ0v) is 19.0. The first kappa shape index (κ1) is 23.5. The van der Waals surface area contributed by atoms with Crippen molar-refractivity contribution in [2.45, 2.75) is 19.9 Å². The molecule has 1 unspecified atom stereocenters. The number of nitrogens with one attached hydrogen (secondary N) is 2. The zero-order valence-electron chi connectivity index (χ0n) is 15.1. The molecule has 0 aliphatic rings. The molecular formula is C19H23Cl2IN4O. The van der Waals surface area contributed by atoms with Crippen LogP contribution >= 0.6 is 47.2 Å². The SMILES string of the molecule is Cc1cccc(C(=O)NCCN=C(N)NC(C)c2ccc(Cl)cc2Cl)c1.I. The highest BCUT2D eigenvalue weighted by molar-refractivity contribution is 14.0. The van der Waals surface area contributed by atoms with Gasteiger partial charge in [-0.3, -0.25) is 9.79 Å². The van der Waals surface area contributed by atoms with Crippen molar-refractivity contribution in [3.8, 4) is 0 Å². The van der Waals surface area contributed by atoms with Gasteiger partial charge in [0.1, 0.15) is 0 Å². The second kappa shape index (κ2) is 11.4. The highest BCUT2D eigenvalue weighted by Crippen LogP contribution is 2.25. The van der Waals surface area contributed by atoms with E-state index in [1.54, 1.807) is 18.2 Å². The number of aryl methyl sites for hydroxylation is 1. The largest absolute Gasteiger partial charge is 0.370 e. The molecule has 2 rings (SSSR count). The third-order valence-corrected chi connectivity index (χ3v) is 4.32. The second-order valence-corrected chi connectivity index (χ2v) is 6.77. The molecule has 2 aromatic rings. The minimum absolute atomic E-state index is 0. The summed E-state index contributed by atoms with van der Waals surface area (Å²) in [5.41, 5.74) is 8.44. The Kier molecular flexibility index (Phi) is 9.90. The number of halogens is 3. The van der Waals surface area contributed by atoms with E-state index in [1.165, 1.54) is 0 Å². The first-order valence-electron chi connectivity index (χ1n) is 8.23. The van der Waals surface area contributed by atoms with Gasteiger partial charge in [0.2, 0.25) is 0 Å². The molecule has 4 N–H and O–H groups in total. The third kappa shape index (κ3) is 7.56. The van der Waals surface area contributed by atoms with Crippen LogP contribution in [0, 0.1) is 6.92 Å². The molecule has 0 aromatic heterocycles. The van der Waals surface area contributed by atoms with Crippen LogP contribution in [0.5, 0.6) is 0 Å². The number of amides is 1. The number of aliphatic imine (C=N–C) groups is 1. The minimum atomic E-state index is -0.128. The minimum Gasteiger partial charge on any atom is -0.370 e. The Morgan fingerprint density at radius 2 is 1.96 bits per heavy atom. The Morgan fingerprint density at radius 1 is 1.22 bits per heavy atom. The third-order valence-electron chi connectivity index (χ3n) is 3.75. The first-order valence-corrected chi connectivity index (χ1v) is 8.98. The molecule has 0 heterocycles. The molecule has 5 nitrogen and oxygen atoms in total. The second-order valence-electron chi connectivity index (χ2n) is 5.92. The Morgan fingerprint density at radius 3 is 2.63 bits per heavy atom. The van der Waals surface area contributed by atoms with E-state index in [0.717, 1.165) is 11.1 Å². The molecule has 0 radical (unpaired) electrons. The number of guanidine groups is 1. The average molecular weight is 521 g/mol. The van der Waals surface area contributed by atoms with Crippen molar-refractivity contribution in [2.24, 2.45) is 10.7 Å². The monoisotopic (exact) mass is 520 g/mol. The number of hydrogen-bond acceptors (Lipinski definition) is 2.